The zero-order valence-corrected chi connectivity index (χ0v) is 11.4. The Kier molecular flexibility index (Phi) is 3.88. The smallest absolute Gasteiger partial charge is 0.321 e. The summed E-state index contributed by atoms with van der Waals surface area (Å²) >= 11 is 0. The molecule has 0 N–H and O–H groups in total. The molecule has 0 radical (unpaired) electrons. The van der Waals surface area contributed by atoms with Gasteiger partial charge in [-0.1, -0.05) is 25.1 Å². The van der Waals surface area contributed by atoms with Crippen molar-refractivity contribution in [3.05, 3.63) is 30.3 Å². The molecular weight excluding hydrogens is 242 g/mol. The van der Waals surface area contributed by atoms with Crippen LogP contribution in [-0.2, 0) is 14.3 Å². The molecule has 0 saturated carbocycles. The van der Waals surface area contributed by atoms with Crippen molar-refractivity contribution in [3.63, 3.8) is 0 Å². The summed E-state index contributed by atoms with van der Waals surface area (Å²) < 4.78 is 5.09. The van der Waals surface area contributed by atoms with Crippen LogP contribution in [0.5, 0.6) is 0 Å². The lowest BCUT2D eigenvalue weighted by atomic mass is 9.83. The van der Waals surface area contributed by atoms with E-state index >= 15 is 0 Å². The molecule has 4 nitrogen and oxygen atoms in total. The number of carbonyl (C=O) groups excluding carboxylic acids is 2. The molecule has 2 rings (SSSR count). The van der Waals surface area contributed by atoms with Gasteiger partial charge in [-0.15, -0.1) is 0 Å². The van der Waals surface area contributed by atoms with Crippen molar-refractivity contribution >= 4 is 17.6 Å². The van der Waals surface area contributed by atoms with Gasteiger partial charge in [0.05, 0.1) is 6.61 Å². The maximum Gasteiger partial charge on any atom is 0.321 e. The van der Waals surface area contributed by atoms with E-state index in [4.69, 9.17) is 4.74 Å². The van der Waals surface area contributed by atoms with Gasteiger partial charge in [0.1, 0.15) is 5.41 Å². The molecule has 1 aliphatic rings. The summed E-state index contributed by atoms with van der Waals surface area (Å²) in [6.07, 6.45) is 1.00. The van der Waals surface area contributed by atoms with Gasteiger partial charge in [-0.3, -0.25) is 9.59 Å². The van der Waals surface area contributed by atoms with Gasteiger partial charge in [0.25, 0.3) is 0 Å². The van der Waals surface area contributed by atoms with Crippen LogP contribution in [0.4, 0.5) is 5.69 Å². The molecule has 0 bridgehead atoms. The molecule has 1 fully saturated rings. The number of benzene rings is 1. The first-order valence-electron chi connectivity index (χ1n) is 6.70. The zero-order chi connectivity index (χ0) is 13.9. The molecule has 1 saturated heterocycles. The molecule has 1 amide bonds. The van der Waals surface area contributed by atoms with Crippen molar-refractivity contribution in [1.82, 2.24) is 0 Å². The van der Waals surface area contributed by atoms with E-state index < -0.39 is 5.41 Å². The summed E-state index contributed by atoms with van der Waals surface area (Å²) in [4.78, 5) is 26.4. The number of ether oxygens (including phenoxy) is 1. The third-order valence-electron chi connectivity index (χ3n) is 3.75. The van der Waals surface area contributed by atoms with Crippen LogP contribution in [0.15, 0.2) is 30.3 Å². The van der Waals surface area contributed by atoms with Crippen LogP contribution in [0.25, 0.3) is 0 Å². The second-order valence-electron chi connectivity index (χ2n) is 4.70. The Morgan fingerprint density at radius 2 is 2.00 bits per heavy atom. The highest BCUT2D eigenvalue weighted by molar-refractivity contribution is 6.12. The molecule has 1 aromatic rings. The Bertz CT molecular complexity index is 472. The number of hydrogen-bond acceptors (Lipinski definition) is 3. The van der Waals surface area contributed by atoms with E-state index in [0.717, 1.165) is 5.69 Å². The summed E-state index contributed by atoms with van der Waals surface area (Å²) in [5.74, 6) is -0.527. The molecule has 1 unspecified atom stereocenters. The molecule has 0 spiro atoms. The highest BCUT2D eigenvalue weighted by Gasteiger charge is 2.52. The Labute approximate surface area is 113 Å². The van der Waals surface area contributed by atoms with Gasteiger partial charge in [-0.2, -0.15) is 0 Å². The molecule has 19 heavy (non-hydrogen) atoms. The minimum Gasteiger partial charge on any atom is -0.465 e. The first-order chi connectivity index (χ1) is 9.15. The summed E-state index contributed by atoms with van der Waals surface area (Å²) in [6.45, 7) is 4.49. The van der Waals surface area contributed by atoms with Crippen molar-refractivity contribution < 1.29 is 14.3 Å². The number of anilines is 1. The largest absolute Gasteiger partial charge is 0.465 e. The number of carbonyl (C=O) groups is 2. The Morgan fingerprint density at radius 3 is 2.58 bits per heavy atom. The van der Waals surface area contributed by atoms with E-state index in [1.807, 2.05) is 37.3 Å². The molecule has 0 aromatic heterocycles. The van der Waals surface area contributed by atoms with Crippen LogP contribution in [0.3, 0.4) is 0 Å². The molecule has 1 aromatic carbocycles. The fourth-order valence-corrected chi connectivity index (χ4v) is 2.55. The molecule has 1 heterocycles. The quantitative estimate of drug-likeness (QED) is 0.617. The zero-order valence-electron chi connectivity index (χ0n) is 11.4. The van der Waals surface area contributed by atoms with Gasteiger partial charge in [0.2, 0.25) is 5.91 Å². The highest BCUT2D eigenvalue weighted by Crippen LogP contribution is 2.38. The van der Waals surface area contributed by atoms with Crippen molar-refractivity contribution in [2.45, 2.75) is 26.7 Å². The van der Waals surface area contributed by atoms with E-state index in [1.165, 1.54) is 0 Å². The van der Waals surface area contributed by atoms with Crippen molar-refractivity contribution in [3.8, 4) is 0 Å². The normalized spacial score (nSPS) is 22.6. The molecule has 1 aliphatic heterocycles. The van der Waals surface area contributed by atoms with Crippen LogP contribution < -0.4 is 4.90 Å². The van der Waals surface area contributed by atoms with Gasteiger partial charge in [-0.25, -0.2) is 0 Å². The predicted octanol–water partition coefficient (Wildman–Crippen LogP) is 2.38. The summed E-state index contributed by atoms with van der Waals surface area (Å²) in [5, 5.41) is 0. The lowest BCUT2D eigenvalue weighted by Gasteiger charge is -2.24. The van der Waals surface area contributed by atoms with Crippen LogP contribution in [0.2, 0.25) is 0 Å². The summed E-state index contributed by atoms with van der Waals surface area (Å²) in [7, 11) is 0. The van der Waals surface area contributed by atoms with E-state index in [1.54, 1.807) is 11.8 Å². The number of amides is 1. The molecule has 102 valence electrons. The average Bonchev–Trinajstić information content (AvgIpc) is 2.78. The second kappa shape index (κ2) is 5.43. The maximum absolute atomic E-state index is 12.6. The van der Waals surface area contributed by atoms with Gasteiger partial charge in [0, 0.05) is 12.2 Å². The third-order valence-corrected chi connectivity index (χ3v) is 3.75. The lowest BCUT2D eigenvalue weighted by molar-refractivity contribution is -0.158. The van der Waals surface area contributed by atoms with E-state index in [2.05, 4.69) is 0 Å². The Hall–Kier alpha value is -1.84. The van der Waals surface area contributed by atoms with Crippen molar-refractivity contribution in [2.75, 3.05) is 18.1 Å². The third kappa shape index (κ3) is 2.23. The van der Waals surface area contributed by atoms with Crippen LogP contribution in [-0.4, -0.2) is 25.0 Å². The van der Waals surface area contributed by atoms with E-state index in [9.17, 15) is 9.59 Å². The number of para-hydroxylation sites is 1. The molecule has 4 heteroatoms. The first kappa shape index (κ1) is 13.6. The maximum atomic E-state index is 12.6. The minimum absolute atomic E-state index is 0.139. The predicted molar refractivity (Wildman–Crippen MR) is 72.8 cm³/mol. The van der Waals surface area contributed by atoms with Gasteiger partial charge in [-0.05, 0) is 31.9 Å². The number of hydrogen-bond donors (Lipinski definition) is 0. The summed E-state index contributed by atoms with van der Waals surface area (Å²) in [6, 6.07) is 9.45. The minimum atomic E-state index is -0.994. The first-order valence-corrected chi connectivity index (χ1v) is 6.70. The standard InChI is InChI=1S/C15H19NO3/c1-3-15(14(18)19-4-2)10-11-16(13(15)17)12-8-6-5-7-9-12/h5-9H,3-4,10-11H2,1-2H3. The van der Waals surface area contributed by atoms with Crippen molar-refractivity contribution in [2.24, 2.45) is 5.41 Å². The van der Waals surface area contributed by atoms with E-state index in [0.29, 0.717) is 26.0 Å². The molecule has 0 aliphatic carbocycles. The average molecular weight is 261 g/mol. The van der Waals surface area contributed by atoms with Crippen LogP contribution >= 0.6 is 0 Å². The Morgan fingerprint density at radius 1 is 1.32 bits per heavy atom. The highest BCUT2D eigenvalue weighted by atomic mass is 16.5. The fourth-order valence-electron chi connectivity index (χ4n) is 2.55. The van der Waals surface area contributed by atoms with Crippen LogP contribution in [0, 0.1) is 5.41 Å². The van der Waals surface area contributed by atoms with E-state index in [-0.39, 0.29) is 11.9 Å². The van der Waals surface area contributed by atoms with Crippen LogP contribution in [0.1, 0.15) is 26.7 Å². The lowest BCUT2D eigenvalue weighted by Crippen LogP contribution is -2.41. The second-order valence-corrected chi connectivity index (χ2v) is 4.70. The Balaban J connectivity index is 2.27. The topological polar surface area (TPSA) is 46.6 Å². The number of esters is 1. The van der Waals surface area contributed by atoms with Gasteiger partial charge < -0.3 is 9.64 Å². The van der Waals surface area contributed by atoms with Gasteiger partial charge in [0.15, 0.2) is 0 Å². The SMILES string of the molecule is CCOC(=O)C1(CC)CCN(c2ccccc2)C1=O. The number of nitrogens with zero attached hydrogens (tertiary/aromatic N) is 1. The van der Waals surface area contributed by atoms with Gasteiger partial charge >= 0.3 is 5.97 Å². The summed E-state index contributed by atoms with van der Waals surface area (Å²) in [5.41, 5.74) is -0.154. The number of rotatable bonds is 4. The monoisotopic (exact) mass is 261 g/mol. The molecule has 1 atom stereocenters. The fraction of sp³-hybridized carbons (Fsp3) is 0.467. The molecular formula is C15H19NO3. The van der Waals surface area contributed by atoms with Crippen molar-refractivity contribution in [1.29, 1.82) is 0 Å².